The molecular weight excluding hydrogens is 282 g/mol. The van der Waals surface area contributed by atoms with Crippen LogP contribution >= 0.6 is 0 Å². The van der Waals surface area contributed by atoms with E-state index in [-0.39, 0.29) is 11.4 Å². The monoisotopic (exact) mass is 289 g/mol. The highest BCUT2D eigenvalue weighted by molar-refractivity contribution is 5.89. The number of esters is 1. The van der Waals surface area contributed by atoms with Gasteiger partial charge < -0.3 is 4.74 Å². The lowest BCUT2D eigenvalue weighted by atomic mass is 10.2. The van der Waals surface area contributed by atoms with Crippen LogP contribution in [0.3, 0.4) is 0 Å². The number of non-ortho nitro benzene ring substituents is 1. The Hall–Kier alpha value is -3.36. The fourth-order valence-corrected chi connectivity index (χ4v) is 1.48. The third-order valence-electron chi connectivity index (χ3n) is 2.43. The van der Waals surface area contributed by atoms with Crippen LogP contribution in [-0.2, 0) is 0 Å². The van der Waals surface area contributed by atoms with Gasteiger partial charge in [0.2, 0.25) is 5.75 Å². The number of nitrogens with zero attached hydrogens (tertiary/aromatic N) is 3. The molecule has 9 nitrogen and oxygen atoms in total. The summed E-state index contributed by atoms with van der Waals surface area (Å²) in [7, 11) is 0. The van der Waals surface area contributed by atoms with Crippen LogP contribution in [0.5, 0.6) is 5.75 Å². The molecule has 2 rings (SSSR count). The molecule has 106 valence electrons. The summed E-state index contributed by atoms with van der Waals surface area (Å²) in [5, 5.41) is 21.5. The number of hydrogen-bond donors (Lipinski definition) is 0. The molecule has 9 heteroatoms. The normalized spacial score (nSPS) is 9.90. The van der Waals surface area contributed by atoms with Crippen molar-refractivity contribution >= 4 is 17.3 Å². The predicted molar refractivity (Wildman–Crippen MR) is 68.9 cm³/mol. The molecule has 0 aliphatic rings. The molecule has 0 N–H and O–H groups in total. The number of pyridine rings is 1. The molecule has 21 heavy (non-hydrogen) atoms. The second-order valence-corrected chi connectivity index (χ2v) is 3.77. The maximum atomic E-state index is 11.8. The van der Waals surface area contributed by atoms with E-state index < -0.39 is 27.2 Å². The van der Waals surface area contributed by atoms with Crippen LogP contribution in [0.1, 0.15) is 10.5 Å². The van der Waals surface area contributed by atoms with Gasteiger partial charge in [0.25, 0.3) is 5.69 Å². The van der Waals surface area contributed by atoms with E-state index >= 15 is 0 Å². The van der Waals surface area contributed by atoms with Gasteiger partial charge >= 0.3 is 11.7 Å². The Morgan fingerprint density at radius 1 is 1.10 bits per heavy atom. The van der Waals surface area contributed by atoms with E-state index in [0.29, 0.717) is 0 Å². The fraction of sp³-hybridized carbons (Fsp3) is 0. The zero-order chi connectivity index (χ0) is 15.4. The predicted octanol–water partition coefficient (Wildman–Crippen LogP) is 2.12. The third kappa shape index (κ3) is 3.15. The number of aromatic nitrogens is 1. The van der Waals surface area contributed by atoms with Crippen LogP contribution in [0.2, 0.25) is 0 Å². The van der Waals surface area contributed by atoms with E-state index in [9.17, 15) is 25.0 Å². The van der Waals surface area contributed by atoms with Crippen LogP contribution in [0.25, 0.3) is 0 Å². The van der Waals surface area contributed by atoms with Crippen molar-refractivity contribution in [3.63, 3.8) is 0 Å². The van der Waals surface area contributed by atoms with Crippen LogP contribution in [0.4, 0.5) is 11.4 Å². The van der Waals surface area contributed by atoms with Crippen molar-refractivity contribution in [2.45, 2.75) is 0 Å². The Kier molecular flexibility index (Phi) is 3.84. The maximum Gasteiger partial charge on any atom is 0.362 e. The molecule has 0 amide bonds. The summed E-state index contributed by atoms with van der Waals surface area (Å²) in [5.74, 6) is -1.28. The zero-order valence-electron chi connectivity index (χ0n) is 10.3. The summed E-state index contributed by atoms with van der Waals surface area (Å²) in [4.78, 5) is 35.3. The smallest absolute Gasteiger partial charge is 0.362 e. The van der Waals surface area contributed by atoms with Gasteiger partial charge in [-0.1, -0.05) is 6.07 Å². The summed E-state index contributed by atoms with van der Waals surface area (Å²) in [5.41, 5.74) is -1.18. The number of nitro benzene ring substituents is 2. The SMILES string of the molecule is O=C(Oc1ccc([N+](=O)[O-])cc1[N+](=O)[O-])c1ccccn1. The van der Waals surface area contributed by atoms with E-state index in [4.69, 9.17) is 4.74 Å². The topological polar surface area (TPSA) is 125 Å². The average molecular weight is 289 g/mol. The van der Waals surface area contributed by atoms with Gasteiger partial charge in [-0.15, -0.1) is 0 Å². The van der Waals surface area contributed by atoms with Crippen LogP contribution in [-0.4, -0.2) is 20.8 Å². The molecule has 0 saturated carbocycles. The Labute approximate surface area is 117 Å². The molecule has 1 heterocycles. The van der Waals surface area contributed by atoms with E-state index in [0.717, 1.165) is 18.2 Å². The Morgan fingerprint density at radius 2 is 1.86 bits per heavy atom. The molecule has 0 saturated heterocycles. The number of ether oxygens (including phenoxy) is 1. The van der Waals surface area contributed by atoms with Crippen molar-refractivity contribution in [1.29, 1.82) is 0 Å². The molecule has 0 spiro atoms. The van der Waals surface area contributed by atoms with Gasteiger partial charge in [-0.2, -0.15) is 0 Å². The second-order valence-electron chi connectivity index (χ2n) is 3.77. The van der Waals surface area contributed by atoms with Gasteiger partial charge in [-0.3, -0.25) is 20.2 Å². The highest BCUT2D eigenvalue weighted by Gasteiger charge is 2.23. The number of carbonyl (C=O) groups is 1. The van der Waals surface area contributed by atoms with Crippen LogP contribution in [0.15, 0.2) is 42.6 Å². The molecule has 1 aromatic carbocycles. The fourth-order valence-electron chi connectivity index (χ4n) is 1.48. The average Bonchev–Trinajstić information content (AvgIpc) is 2.48. The van der Waals surface area contributed by atoms with Gasteiger partial charge in [0, 0.05) is 12.3 Å². The lowest BCUT2D eigenvalue weighted by molar-refractivity contribution is -0.394. The first-order valence-electron chi connectivity index (χ1n) is 5.55. The van der Waals surface area contributed by atoms with Crippen molar-refractivity contribution in [3.8, 4) is 5.75 Å². The van der Waals surface area contributed by atoms with Crippen molar-refractivity contribution in [1.82, 2.24) is 4.98 Å². The second kappa shape index (κ2) is 5.74. The lowest BCUT2D eigenvalue weighted by Crippen LogP contribution is -2.11. The number of carbonyl (C=O) groups excluding carboxylic acids is 1. The summed E-state index contributed by atoms with van der Waals surface area (Å²) >= 11 is 0. The first kappa shape index (κ1) is 14.1. The molecule has 1 aromatic heterocycles. The third-order valence-corrected chi connectivity index (χ3v) is 2.43. The highest BCUT2D eigenvalue weighted by atomic mass is 16.6. The van der Waals surface area contributed by atoms with Gasteiger partial charge in [-0.05, 0) is 18.2 Å². The number of rotatable bonds is 4. The standard InChI is InChI=1S/C12H7N3O6/c16-12(9-3-1-2-6-13-9)21-11-5-4-8(14(17)18)7-10(11)15(19)20/h1-7H. The van der Waals surface area contributed by atoms with E-state index in [1.54, 1.807) is 12.1 Å². The summed E-state index contributed by atoms with van der Waals surface area (Å²) in [6, 6.07) is 7.24. The Balaban J connectivity index is 2.34. The van der Waals surface area contributed by atoms with Gasteiger partial charge in [0.1, 0.15) is 5.69 Å². The molecule has 0 radical (unpaired) electrons. The summed E-state index contributed by atoms with van der Waals surface area (Å²) in [6.45, 7) is 0. The first-order chi connectivity index (χ1) is 9.99. The summed E-state index contributed by atoms with van der Waals surface area (Å²) in [6.07, 6.45) is 1.36. The number of nitro groups is 2. The van der Waals surface area contributed by atoms with Gasteiger partial charge in [-0.25, -0.2) is 9.78 Å². The largest absolute Gasteiger partial charge is 0.414 e. The number of benzene rings is 1. The van der Waals surface area contributed by atoms with Gasteiger partial charge in [0.05, 0.1) is 15.9 Å². The van der Waals surface area contributed by atoms with Gasteiger partial charge in [0.15, 0.2) is 0 Å². The molecule has 2 aromatic rings. The van der Waals surface area contributed by atoms with Crippen molar-refractivity contribution in [3.05, 3.63) is 68.5 Å². The summed E-state index contributed by atoms with van der Waals surface area (Å²) < 4.78 is 4.86. The zero-order valence-corrected chi connectivity index (χ0v) is 10.3. The molecule has 0 bridgehead atoms. The Bertz CT molecular complexity index is 716. The minimum Gasteiger partial charge on any atom is -0.414 e. The molecule has 0 atom stereocenters. The number of hydrogen-bond acceptors (Lipinski definition) is 7. The van der Waals surface area contributed by atoms with Crippen molar-refractivity contribution in [2.24, 2.45) is 0 Å². The highest BCUT2D eigenvalue weighted by Crippen LogP contribution is 2.31. The Morgan fingerprint density at radius 3 is 2.43 bits per heavy atom. The van der Waals surface area contributed by atoms with Crippen LogP contribution in [0, 0.1) is 20.2 Å². The molecule has 0 aliphatic heterocycles. The lowest BCUT2D eigenvalue weighted by Gasteiger charge is -2.04. The minimum absolute atomic E-state index is 0.0369. The molecular formula is C12H7N3O6. The van der Waals surface area contributed by atoms with E-state index in [1.807, 2.05) is 0 Å². The van der Waals surface area contributed by atoms with Crippen molar-refractivity contribution in [2.75, 3.05) is 0 Å². The molecule has 0 unspecified atom stereocenters. The maximum absolute atomic E-state index is 11.8. The quantitative estimate of drug-likeness (QED) is 0.365. The molecule has 0 aliphatic carbocycles. The van der Waals surface area contributed by atoms with E-state index in [1.165, 1.54) is 12.3 Å². The molecule has 0 fully saturated rings. The first-order valence-corrected chi connectivity index (χ1v) is 5.55. The van der Waals surface area contributed by atoms with Crippen molar-refractivity contribution < 1.29 is 19.4 Å². The van der Waals surface area contributed by atoms with E-state index in [2.05, 4.69) is 4.98 Å². The van der Waals surface area contributed by atoms with Crippen LogP contribution < -0.4 is 4.74 Å². The minimum atomic E-state index is -0.896.